The summed E-state index contributed by atoms with van der Waals surface area (Å²) in [6.45, 7) is 6.66. The van der Waals surface area contributed by atoms with E-state index in [1.807, 2.05) is 32.0 Å². The van der Waals surface area contributed by atoms with Crippen LogP contribution in [0.5, 0.6) is 0 Å². The molecule has 0 aliphatic heterocycles. The fourth-order valence-corrected chi connectivity index (χ4v) is 4.45. The van der Waals surface area contributed by atoms with Crippen LogP contribution in [0, 0.1) is 6.92 Å². The number of nitrogens with zero attached hydrogens (tertiary/aromatic N) is 6. The fourth-order valence-electron chi connectivity index (χ4n) is 3.04. The molecule has 1 amide bonds. The number of amides is 1. The van der Waals surface area contributed by atoms with E-state index in [1.165, 1.54) is 23.1 Å². The van der Waals surface area contributed by atoms with Crippen LogP contribution in [0.4, 0.5) is 5.13 Å². The maximum Gasteiger partial charge on any atom is 0.239 e. The number of aryl methyl sites for hydroxylation is 2. The molecule has 1 N–H and O–H groups in total. The minimum atomic E-state index is -0.345. The summed E-state index contributed by atoms with van der Waals surface area (Å²) in [5, 5.41) is 21.8. The lowest BCUT2D eigenvalue weighted by Crippen LogP contribution is -2.24. The summed E-state index contributed by atoms with van der Waals surface area (Å²) in [5.41, 5.74) is 2.65. The zero-order valence-electron chi connectivity index (χ0n) is 15.7. The third kappa shape index (κ3) is 3.45. The van der Waals surface area contributed by atoms with E-state index in [9.17, 15) is 4.79 Å². The minimum absolute atomic E-state index is 0.136. The summed E-state index contributed by atoms with van der Waals surface area (Å²) in [5.74, 6) is -0.136. The second kappa shape index (κ2) is 7.80. The molecule has 3 aromatic heterocycles. The predicted molar refractivity (Wildman–Crippen MR) is 112 cm³/mol. The van der Waals surface area contributed by atoms with Crippen molar-refractivity contribution in [1.82, 2.24) is 29.9 Å². The zero-order chi connectivity index (χ0) is 19.7. The van der Waals surface area contributed by atoms with E-state index in [0.29, 0.717) is 16.7 Å². The van der Waals surface area contributed by atoms with Gasteiger partial charge in [-0.1, -0.05) is 48.2 Å². The molecule has 0 saturated carbocycles. The maximum absolute atomic E-state index is 12.6. The molecule has 0 aliphatic carbocycles. The smallest absolute Gasteiger partial charge is 0.239 e. The Balaban J connectivity index is 1.62. The lowest BCUT2D eigenvalue weighted by atomic mass is 10.2. The Hall–Kier alpha value is -2.59. The number of aromatic nitrogens is 6. The summed E-state index contributed by atoms with van der Waals surface area (Å²) in [4.78, 5) is 17.3. The normalized spacial score (nSPS) is 12.5. The summed E-state index contributed by atoms with van der Waals surface area (Å²) in [7, 11) is 0. The highest BCUT2D eigenvalue weighted by molar-refractivity contribution is 8.00. The quantitative estimate of drug-likeness (QED) is 0.482. The Bertz CT molecular complexity index is 1150. The van der Waals surface area contributed by atoms with Gasteiger partial charge in [0.25, 0.3) is 0 Å². The topological polar surface area (TPSA) is 98.5 Å². The van der Waals surface area contributed by atoms with Crippen LogP contribution < -0.4 is 5.32 Å². The van der Waals surface area contributed by atoms with Gasteiger partial charge in [-0.2, -0.15) is 0 Å². The molecule has 1 aromatic carbocycles. The van der Waals surface area contributed by atoms with E-state index in [1.54, 1.807) is 0 Å². The molecule has 4 aromatic rings. The second-order valence-electron chi connectivity index (χ2n) is 6.16. The molecule has 0 fully saturated rings. The van der Waals surface area contributed by atoms with Crippen molar-refractivity contribution in [1.29, 1.82) is 0 Å². The van der Waals surface area contributed by atoms with Crippen LogP contribution in [0.3, 0.4) is 0 Å². The van der Waals surface area contributed by atoms with Crippen molar-refractivity contribution >= 4 is 56.2 Å². The summed E-state index contributed by atoms with van der Waals surface area (Å²) < 4.78 is 2.12. The number of carbonyl (C=O) groups is 1. The standard InChI is InChI=1S/C18H19N7OS2/c1-4-13(16(26)20-18-23-21-10(3)27-18)28-17-19-15-14(22-24-17)11-8-6-7-9-12(11)25(15)5-2/h6-9,13H,4-5H2,1-3H3,(H,20,23,26). The summed E-state index contributed by atoms with van der Waals surface area (Å²) in [6, 6.07) is 8.07. The number of para-hydroxylation sites is 1. The van der Waals surface area contributed by atoms with E-state index in [4.69, 9.17) is 4.98 Å². The minimum Gasteiger partial charge on any atom is -0.324 e. The number of hydrogen-bond donors (Lipinski definition) is 1. The van der Waals surface area contributed by atoms with Gasteiger partial charge < -0.3 is 4.57 Å². The molecular formula is C18H19N7OS2. The molecule has 1 unspecified atom stereocenters. The van der Waals surface area contributed by atoms with E-state index in [-0.39, 0.29) is 11.2 Å². The number of benzene rings is 1. The molecule has 0 radical (unpaired) electrons. The van der Waals surface area contributed by atoms with Crippen LogP contribution in [0.15, 0.2) is 29.4 Å². The lowest BCUT2D eigenvalue weighted by molar-refractivity contribution is -0.115. The first kappa shape index (κ1) is 18.8. The van der Waals surface area contributed by atoms with Gasteiger partial charge in [-0.15, -0.1) is 20.4 Å². The highest BCUT2D eigenvalue weighted by Gasteiger charge is 2.22. The van der Waals surface area contributed by atoms with E-state index < -0.39 is 0 Å². The van der Waals surface area contributed by atoms with Gasteiger partial charge in [0.2, 0.25) is 16.2 Å². The van der Waals surface area contributed by atoms with Crippen LogP contribution in [0.25, 0.3) is 22.1 Å². The first-order valence-corrected chi connectivity index (χ1v) is 10.7. The number of thioether (sulfide) groups is 1. The Morgan fingerprint density at radius 1 is 1.21 bits per heavy atom. The molecule has 4 rings (SSSR count). The van der Waals surface area contributed by atoms with Crippen molar-refractivity contribution in [3.05, 3.63) is 29.3 Å². The van der Waals surface area contributed by atoms with Gasteiger partial charge in [-0.05, 0) is 26.3 Å². The van der Waals surface area contributed by atoms with Gasteiger partial charge in [-0.25, -0.2) is 4.98 Å². The van der Waals surface area contributed by atoms with Gasteiger partial charge in [0.05, 0.1) is 10.8 Å². The van der Waals surface area contributed by atoms with Crippen molar-refractivity contribution in [2.24, 2.45) is 0 Å². The van der Waals surface area contributed by atoms with Crippen molar-refractivity contribution in [3.8, 4) is 0 Å². The van der Waals surface area contributed by atoms with Crippen LogP contribution in [-0.4, -0.2) is 41.1 Å². The molecular weight excluding hydrogens is 394 g/mol. The molecule has 28 heavy (non-hydrogen) atoms. The molecule has 8 nitrogen and oxygen atoms in total. The van der Waals surface area contributed by atoms with Crippen molar-refractivity contribution in [3.63, 3.8) is 0 Å². The maximum atomic E-state index is 12.6. The Morgan fingerprint density at radius 3 is 2.75 bits per heavy atom. The molecule has 0 bridgehead atoms. The van der Waals surface area contributed by atoms with Gasteiger partial charge in [-0.3, -0.25) is 10.1 Å². The fraction of sp³-hybridized carbons (Fsp3) is 0.333. The van der Waals surface area contributed by atoms with Gasteiger partial charge in [0.1, 0.15) is 10.5 Å². The third-order valence-electron chi connectivity index (χ3n) is 4.34. The van der Waals surface area contributed by atoms with E-state index in [0.717, 1.165) is 33.6 Å². The largest absolute Gasteiger partial charge is 0.324 e. The zero-order valence-corrected chi connectivity index (χ0v) is 17.3. The predicted octanol–water partition coefficient (Wildman–Crippen LogP) is 3.67. The van der Waals surface area contributed by atoms with Crippen LogP contribution in [-0.2, 0) is 11.3 Å². The number of rotatable bonds is 6. The summed E-state index contributed by atoms with van der Waals surface area (Å²) in [6.07, 6.45) is 0.631. The number of hydrogen-bond acceptors (Lipinski definition) is 8. The average molecular weight is 414 g/mol. The highest BCUT2D eigenvalue weighted by atomic mass is 32.2. The molecule has 0 spiro atoms. The first-order valence-electron chi connectivity index (χ1n) is 9.00. The van der Waals surface area contributed by atoms with Gasteiger partial charge in [0.15, 0.2) is 5.65 Å². The molecule has 0 saturated heterocycles. The third-order valence-corrected chi connectivity index (χ3v) is 6.31. The molecule has 0 aliphatic rings. The lowest BCUT2D eigenvalue weighted by Gasteiger charge is -2.12. The number of fused-ring (bicyclic) bond motifs is 3. The SMILES string of the molecule is CCC(Sc1nnc2c3ccccc3n(CC)c2n1)C(=O)Nc1nnc(C)s1. The van der Waals surface area contributed by atoms with Crippen LogP contribution in [0.1, 0.15) is 25.3 Å². The second-order valence-corrected chi connectivity index (χ2v) is 8.51. The average Bonchev–Trinajstić information content (AvgIpc) is 3.25. The van der Waals surface area contributed by atoms with Gasteiger partial charge in [0, 0.05) is 11.9 Å². The number of carbonyl (C=O) groups excluding carboxylic acids is 1. The Morgan fingerprint density at radius 2 is 2.04 bits per heavy atom. The van der Waals surface area contributed by atoms with E-state index in [2.05, 4.69) is 43.3 Å². The monoisotopic (exact) mass is 413 g/mol. The van der Waals surface area contributed by atoms with Crippen LogP contribution in [0.2, 0.25) is 0 Å². The highest BCUT2D eigenvalue weighted by Crippen LogP contribution is 2.29. The van der Waals surface area contributed by atoms with Gasteiger partial charge >= 0.3 is 0 Å². The molecule has 10 heteroatoms. The Labute approximate surface area is 169 Å². The van der Waals surface area contributed by atoms with E-state index >= 15 is 0 Å². The number of nitrogens with one attached hydrogen (secondary N) is 1. The molecule has 144 valence electrons. The van der Waals surface area contributed by atoms with Crippen molar-refractivity contribution in [2.45, 2.75) is 44.1 Å². The molecule has 1 atom stereocenters. The van der Waals surface area contributed by atoms with Crippen molar-refractivity contribution in [2.75, 3.05) is 5.32 Å². The van der Waals surface area contributed by atoms with Crippen LogP contribution >= 0.6 is 23.1 Å². The Kier molecular flexibility index (Phi) is 5.23. The molecule has 3 heterocycles. The first-order chi connectivity index (χ1) is 13.6. The number of anilines is 1. The summed E-state index contributed by atoms with van der Waals surface area (Å²) >= 11 is 2.66. The van der Waals surface area contributed by atoms with Crippen molar-refractivity contribution < 1.29 is 4.79 Å².